The molecule has 0 aliphatic heterocycles. The molecule has 27 heavy (non-hydrogen) atoms. The first-order valence-electron chi connectivity index (χ1n) is 8.74. The van der Waals surface area contributed by atoms with Crippen molar-refractivity contribution >= 4 is 21.6 Å². The number of amides is 1. The van der Waals surface area contributed by atoms with Gasteiger partial charge in [0.05, 0.1) is 10.5 Å². The zero-order valence-corrected chi connectivity index (χ0v) is 15.4. The maximum Gasteiger partial charge on any atom is 0.258 e. The lowest BCUT2D eigenvalue weighted by molar-refractivity contribution is 0.102. The predicted molar refractivity (Wildman–Crippen MR) is 97.9 cm³/mol. The van der Waals surface area contributed by atoms with Crippen LogP contribution in [0.15, 0.2) is 47.4 Å². The van der Waals surface area contributed by atoms with Crippen LogP contribution in [0.5, 0.6) is 0 Å². The fourth-order valence-corrected chi connectivity index (χ4v) is 4.42. The molecule has 0 atom stereocenters. The highest BCUT2D eigenvalue weighted by molar-refractivity contribution is 7.89. The number of sulfonamides is 1. The summed E-state index contributed by atoms with van der Waals surface area (Å²) in [5.41, 5.74) is -0.125. The van der Waals surface area contributed by atoms with Crippen LogP contribution in [0, 0.1) is 11.6 Å². The molecule has 5 nitrogen and oxygen atoms in total. The smallest absolute Gasteiger partial charge is 0.258 e. The molecule has 144 valence electrons. The van der Waals surface area contributed by atoms with E-state index >= 15 is 0 Å². The van der Waals surface area contributed by atoms with Crippen molar-refractivity contribution in [2.45, 2.75) is 43.0 Å². The first-order chi connectivity index (χ1) is 12.8. The second-order valence-corrected chi connectivity index (χ2v) is 8.27. The topological polar surface area (TPSA) is 75.3 Å². The van der Waals surface area contributed by atoms with Crippen molar-refractivity contribution in [3.63, 3.8) is 0 Å². The summed E-state index contributed by atoms with van der Waals surface area (Å²) in [5, 5.41) is 2.43. The van der Waals surface area contributed by atoms with Gasteiger partial charge in [0.2, 0.25) is 10.0 Å². The standard InChI is InChI=1S/C19H20F2N2O3S/c20-13-6-8-14(9-7-13)22-19(24)17-12-16(10-11-18(17)21)27(25,26)23-15-4-2-1-3-5-15/h6-12,15,23H,1-5H2,(H,22,24). The Morgan fingerprint density at radius 2 is 1.63 bits per heavy atom. The number of rotatable bonds is 5. The molecule has 2 aromatic rings. The summed E-state index contributed by atoms with van der Waals surface area (Å²) in [5.74, 6) is -2.12. The molecule has 0 unspecified atom stereocenters. The number of hydrogen-bond donors (Lipinski definition) is 2. The molecule has 1 amide bonds. The third kappa shape index (κ3) is 4.90. The Kier molecular flexibility index (Phi) is 5.86. The van der Waals surface area contributed by atoms with Crippen LogP contribution in [-0.4, -0.2) is 20.4 Å². The van der Waals surface area contributed by atoms with Crippen molar-refractivity contribution < 1.29 is 22.0 Å². The van der Waals surface area contributed by atoms with Gasteiger partial charge in [-0.3, -0.25) is 4.79 Å². The number of halogens is 2. The van der Waals surface area contributed by atoms with Crippen molar-refractivity contribution in [1.82, 2.24) is 4.72 Å². The minimum absolute atomic E-state index is 0.148. The van der Waals surface area contributed by atoms with Crippen molar-refractivity contribution in [2.75, 3.05) is 5.32 Å². The van der Waals surface area contributed by atoms with Gasteiger partial charge in [0.25, 0.3) is 5.91 Å². The Labute approximate surface area is 156 Å². The summed E-state index contributed by atoms with van der Waals surface area (Å²) in [6.45, 7) is 0. The van der Waals surface area contributed by atoms with Crippen LogP contribution < -0.4 is 10.0 Å². The Bertz CT molecular complexity index is 924. The van der Waals surface area contributed by atoms with Gasteiger partial charge >= 0.3 is 0 Å². The largest absolute Gasteiger partial charge is 0.322 e. The Morgan fingerprint density at radius 3 is 2.30 bits per heavy atom. The Balaban J connectivity index is 1.80. The van der Waals surface area contributed by atoms with Gasteiger partial charge < -0.3 is 5.32 Å². The molecule has 1 fully saturated rings. The number of nitrogens with one attached hydrogen (secondary N) is 2. The van der Waals surface area contributed by atoms with Gasteiger partial charge in [0.1, 0.15) is 11.6 Å². The molecule has 0 saturated heterocycles. The van der Waals surface area contributed by atoms with Crippen LogP contribution in [0.4, 0.5) is 14.5 Å². The summed E-state index contributed by atoms with van der Waals surface area (Å²) in [4.78, 5) is 12.2. The van der Waals surface area contributed by atoms with Crippen molar-refractivity contribution in [3.8, 4) is 0 Å². The van der Waals surface area contributed by atoms with Crippen molar-refractivity contribution in [2.24, 2.45) is 0 Å². The minimum atomic E-state index is -3.86. The highest BCUT2D eigenvalue weighted by Crippen LogP contribution is 2.22. The van der Waals surface area contributed by atoms with Gasteiger partial charge in [0.15, 0.2) is 0 Å². The highest BCUT2D eigenvalue weighted by atomic mass is 32.2. The van der Waals surface area contributed by atoms with E-state index in [-0.39, 0.29) is 16.6 Å². The highest BCUT2D eigenvalue weighted by Gasteiger charge is 2.24. The molecule has 0 spiro atoms. The molecule has 0 heterocycles. The number of carbonyl (C=O) groups excluding carboxylic acids is 1. The van der Waals surface area contributed by atoms with Crippen LogP contribution in [0.25, 0.3) is 0 Å². The van der Waals surface area contributed by atoms with E-state index in [9.17, 15) is 22.0 Å². The van der Waals surface area contributed by atoms with E-state index < -0.39 is 33.1 Å². The van der Waals surface area contributed by atoms with E-state index in [0.29, 0.717) is 0 Å². The third-order valence-electron chi connectivity index (χ3n) is 4.52. The monoisotopic (exact) mass is 394 g/mol. The van der Waals surface area contributed by atoms with Gasteiger partial charge in [0, 0.05) is 11.7 Å². The Morgan fingerprint density at radius 1 is 0.963 bits per heavy atom. The van der Waals surface area contributed by atoms with Crippen LogP contribution >= 0.6 is 0 Å². The molecule has 8 heteroatoms. The second kappa shape index (κ2) is 8.14. The lowest BCUT2D eigenvalue weighted by Gasteiger charge is -2.22. The predicted octanol–water partition coefficient (Wildman–Crippen LogP) is 3.83. The van der Waals surface area contributed by atoms with E-state index in [0.717, 1.165) is 62.4 Å². The lowest BCUT2D eigenvalue weighted by atomic mass is 9.96. The van der Waals surface area contributed by atoms with E-state index in [1.54, 1.807) is 0 Å². The van der Waals surface area contributed by atoms with E-state index in [1.165, 1.54) is 12.1 Å². The number of benzene rings is 2. The third-order valence-corrected chi connectivity index (χ3v) is 6.04. The minimum Gasteiger partial charge on any atom is -0.322 e. The molecule has 0 aromatic heterocycles. The van der Waals surface area contributed by atoms with E-state index in [4.69, 9.17) is 0 Å². The first-order valence-corrected chi connectivity index (χ1v) is 10.2. The first kappa shape index (κ1) is 19.4. The fraction of sp³-hybridized carbons (Fsp3) is 0.316. The molecule has 1 aliphatic rings. The quantitative estimate of drug-likeness (QED) is 0.809. The summed E-state index contributed by atoms with van der Waals surface area (Å²) in [6.07, 6.45) is 4.53. The van der Waals surface area contributed by atoms with Crippen LogP contribution in [0.1, 0.15) is 42.5 Å². The molecule has 2 aromatic carbocycles. The van der Waals surface area contributed by atoms with Gasteiger partial charge in [-0.2, -0.15) is 0 Å². The summed E-state index contributed by atoms with van der Waals surface area (Å²) < 4.78 is 54.8. The molecule has 1 aliphatic carbocycles. The van der Waals surface area contributed by atoms with Gasteiger partial charge in [-0.25, -0.2) is 21.9 Å². The van der Waals surface area contributed by atoms with E-state index in [2.05, 4.69) is 10.0 Å². The van der Waals surface area contributed by atoms with Crippen LogP contribution in [0.3, 0.4) is 0 Å². The van der Waals surface area contributed by atoms with Gasteiger partial charge in [-0.05, 0) is 55.3 Å². The molecule has 3 rings (SSSR count). The molecule has 1 saturated carbocycles. The molecule has 2 N–H and O–H groups in total. The zero-order chi connectivity index (χ0) is 19.4. The second-order valence-electron chi connectivity index (χ2n) is 6.56. The van der Waals surface area contributed by atoms with Crippen LogP contribution in [0.2, 0.25) is 0 Å². The number of anilines is 1. The molecule has 0 bridgehead atoms. The zero-order valence-electron chi connectivity index (χ0n) is 14.5. The Hall–Kier alpha value is -2.32. The molecule has 0 radical (unpaired) electrons. The summed E-state index contributed by atoms with van der Waals surface area (Å²) >= 11 is 0. The normalized spacial score (nSPS) is 15.5. The van der Waals surface area contributed by atoms with Crippen molar-refractivity contribution in [1.29, 1.82) is 0 Å². The molecular formula is C19H20F2N2O3S. The maximum atomic E-state index is 14.1. The SMILES string of the molecule is O=C(Nc1ccc(F)cc1)c1cc(S(=O)(=O)NC2CCCCC2)ccc1F. The lowest BCUT2D eigenvalue weighted by Crippen LogP contribution is -2.36. The van der Waals surface area contributed by atoms with Gasteiger partial charge in [-0.1, -0.05) is 19.3 Å². The maximum absolute atomic E-state index is 14.1. The fourth-order valence-electron chi connectivity index (χ4n) is 3.09. The van der Waals surface area contributed by atoms with E-state index in [1.807, 2.05) is 0 Å². The molecular weight excluding hydrogens is 374 g/mol. The van der Waals surface area contributed by atoms with Gasteiger partial charge in [-0.15, -0.1) is 0 Å². The average Bonchev–Trinajstić information content (AvgIpc) is 2.64. The van der Waals surface area contributed by atoms with Crippen LogP contribution in [-0.2, 0) is 10.0 Å². The average molecular weight is 394 g/mol. The number of carbonyl (C=O) groups is 1. The number of hydrogen-bond acceptors (Lipinski definition) is 3. The summed E-state index contributed by atoms with van der Waals surface area (Å²) in [6, 6.07) is 7.92. The summed E-state index contributed by atoms with van der Waals surface area (Å²) in [7, 11) is -3.86. The van der Waals surface area contributed by atoms with Crippen molar-refractivity contribution in [3.05, 3.63) is 59.7 Å².